The molecule has 0 saturated carbocycles. The Morgan fingerprint density at radius 3 is 2.39 bits per heavy atom. The predicted molar refractivity (Wildman–Crippen MR) is 107 cm³/mol. The van der Waals surface area contributed by atoms with Crippen LogP contribution in [-0.4, -0.2) is 40.8 Å². The molecule has 0 radical (unpaired) electrons. The summed E-state index contributed by atoms with van der Waals surface area (Å²) in [5.41, 5.74) is 1.21. The number of aliphatic carboxylic acids is 1. The molecule has 1 aliphatic heterocycles. The Labute approximate surface area is 168 Å². The summed E-state index contributed by atoms with van der Waals surface area (Å²) in [6.45, 7) is 1.14. The van der Waals surface area contributed by atoms with Crippen LogP contribution in [0.15, 0.2) is 48.5 Å². The smallest absolute Gasteiger partial charge is 0.303 e. The molecule has 0 spiro atoms. The van der Waals surface area contributed by atoms with Crippen molar-refractivity contribution in [2.24, 2.45) is 5.92 Å². The summed E-state index contributed by atoms with van der Waals surface area (Å²) in [6, 6.07) is 13.4. The van der Waals surface area contributed by atoms with Crippen molar-refractivity contribution in [2.75, 3.05) is 13.1 Å². The minimum absolute atomic E-state index is 0.109. The highest BCUT2D eigenvalue weighted by Crippen LogP contribution is 2.24. The zero-order valence-electron chi connectivity index (χ0n) is 15.4. The fraction of sp³-hybridized carbons (Fsp3) is 0.318. The van der Waals surface area contributed by atoms with E-state index in [1.54, 1.807) is 53.4 Å². The molecular weight excluding hydrogens is 378 g/mol. The zero-order chi connectivity index (χ0) is 20.1. The summed E-state index contributed by atoms with van der Waals surface area (Å²) in [5.74, 6) is -1.05. The number of likely N-dealkylation sites (tertiary alicyclic amines) is 1. The van der Waals surface area contributed by atoms with Gasteiger partial charge >= 0.3 is 5.97 Å². The van der Waals surface area contributed by atoms with Crippen molar-refractivity contribution < 1.29 is 19.5 Å². The average molecular weight is 400 g/mol. The first kappa shape index (κ1) is 20.1. The molecule has 1 heterocycles. The van der Waals surface area contributed by atoms with Gasteiger partial charge in [0.1, 0.15) is 0 Å². The second-order valence-corrected chi connectivity index (χ2v) is 7.51. The number of carbonyl (C=O) groups is 3. The van der Waals surface area contributed by atoms with Gasteiger partial charge < -0.3 is 10.0 Å². The van der Waals surface area contributed by atoms with Crippen molar-refractivity contribution >= 4 is 29.3 Å². The molecule has 0 bridgehead atoms. The molecular formula is C22H22ClNO4. The van der Waals surface area contributed by atoms with E-state index in [-0.39, 0.29) is 24.0 Å². The van der Waals surface area contributed by atoms with Crippen LogP contribution in [0.4, 0.5) is 0 Å². The summed E-state index contributed by atoms with van der Waals surface area (Å²) in [4.78, 5) is 38.6. The standard InChI is InChI=1S/C22H22ClNO4/c23-17-10-8-16(9-11-17)21(27)18-5-1-2-6-19(18)22(28)24-13-3-4-15(14-24)7-12-20(25)26/h1-2,5-6,8-11,15H,3-4,7,12-14H2,(H,25,26). The van der Waals surface area contributed by atoms with Crippen LogP contribution in [0.3, 0.4) is 0 Å². The molecule has 1 atom stereocenters. The van der Waals surface area contributed by atoms with E-state index in [1.165, 1.54) is 0 Å². The van der Waals surface area contributed by atoms with Crippen LogP contribution in [-0.2, 0) is 4.79 Å². The third-order valence-corrected chi connectivity index (χ3v) is 5.33. The Morgan fingerprint density at radius 2 is 1.71 bits per heavy atom. The van der Waals surface area contributed by atoms with E-state index in [0.29, 0.717) is 41.2 Å². The van der Waals surface area contributed by atoms with Crippen molar-refractivity contribution in [3.8, 4) is 0 Å². The summed E-state index contributed by atoms with van der Waals surface area (Å²) in [7, 11) is 0. The minimum atomic E-state index is -0.817. The number of piperidine rings is 1. The fourth-order valence-corrected chi connectivity index (χ4v) is 3.73. The maximum Gasteiger partial charge on any atom is 0.303 e. The van der Waals surface area contributed by atoms with Gasteiger partial charge in [-0.25, -0.2) is 0 Å². The number of halogens is 1. The lowest BCUT2D eigenvalue weighted by molar-refractivity contribution is -0.137. The third kappa shape index (κ3) is 4.78. The molecule has 1 amide bonds. The highest BCUT2D eigenvalue weighted by atomic mass is 35.5. The molecule has 5 nitrogen and oxygen atoms in total. The van der Waals surface area contributed by atoms with Crippen LogP contribution in [0.5, 0.6) is 0 Å². The molecule has 1 saturated heterocycles. The highest BCUT2D eigenvalue weighted by molar-refractivity contribution is 6.30. The molecule has 2 aromatic rings. The molecule has 3 rings (SSSR count). The van der Waals surface area contributed by atoms with E-state index in [1.807, 2.05) is 0 Å². The molecule has 1 fully saturated rings. The summed E-state index contributed by atoms with van der Waals surface area (Å²) >= 11 is 5.90. The number of ketones is 1. The molecule has 1 unspecified atom stereocenters. The normalized spacial score (nSPS) is 16.6. The molecule has 1 aliphatic rings. The van der Waals surface area contributed by atoms with E-state index < -0.39 is 5.97 Å². The lowest BCUT2D eigenvalue weighted by Gasteiger charge is -2.33. The van der Waals surface area contributed by atoms with E-state index in [2.05, 4.69) is 0 Å². The molecule has 28 heavy (non-hydrogen) atoms. The highest BCUT2D eigenvalue weighted by Gasteiger charge is 2.27. The van der Waals surface area contributed by atoms with Crippen molar-refractivity contribution in [2.45, 2.75) is 25.7 Å². The Kier molecular flexibility index (Phi) is 6.47. The molecule has 6 heteroatoms. The average Bonchev–Trinajstić information content (AvgIpc) is 2.72. The van der Waals surface area contributed by atoms with Crippen LogP contribution < -0.4 is 0 Å². The van der Waals surface area contributed by atoms with Gasteiger partial charge in [0.25, 0.3) is 5.91 Å². The summed E-state index contributed by atoms with van der Waals surface area (Å²) < 4.78 is 0. The van der Waals surface area contributed by atoms with E-state index in [4.69, 9.17) is 16.7 Å². The summed E-state index contributed by atoms with van der Waals surface area (Å²) in [5, 5.41) is 9.44. The first-order valence-corrected chi connectivity index (χ1v) is 9.74. The van der Waals surface area contributed by atoms with Crippen LogP contribution in [0.2, 0.25) is 5.02 Å². The van der Waals surface area contributed by atoms with Gasteiger partial charge in [-0.05, 0) is 55.5 Å². The maximum atomic E-state index is 13.1. The van der Waals surface area contributed by atoms with Crippen molar-refractivity contribution in [3.63, 3.8) is 0 Å². The number of carboxylic acids is 1. The monoisotopic (exact) mass is 399 g/mol. The number of benzene rings is 2. The Hall–Kier alpha value is -2.66. The van der Waals surface area contributed by atoms with Gasteiger partial charge in [0.05, 0.1) is 5.56 Å². The molecule has 2 aromatic carbocycles. The molecule has 0 aromatic heterocycles. The first-order valence-electron chi connectivity index (χ1n) is 9.36. The zero-order valence-corrected chi connectivity index (χ0v) is 16.2. The molecule has 146 valence electrons. The lowest BCUT2D eigenvalue weighted by atomic mass is 9.92. The number of rotatable bonds is 6. The van der Waals surface area contributed by atoms with Gasteiger partial charge in [0.2, 0.25) is 0 Å². The largest absolute Gasteiger partial charge is 0.481 e. The topological polar surface area (TPSA) is 74.7 Å². The van der Waals surface area contributed by atoms with Crippen molar-refractivity contribution in [1.82, 2.24) is 4.90 Å². The number of nitrogens with zero attached hydrogens (tertiary/aromatic N) is 1. The van der Waals surface area contributed by atoms with Crippen LogP contribution in [0.1, 0.15) is 52.0 Å². The first-order chi connectivity index (χ1) is 13.5. The maximum absolute atomic E-state index is 13.1. The quantitative estimate of drug-likeness (QED) is 0.735. The second kappa shape index (κ2) is 9.02. The minimum Gasteiger partial charge on any atom is -0.481 e. The lowest BCUT2D eigenvalue weighted by Crippen LogP contribution is -2.40. The molecule has 0 aliphatic carbocycles. The Balaban J connectivity index is 1.79. The second-order valence-electron chi connectivity index (χ2n) is 7.07. The fourth-order valence-electron chi connectivity index (χ4n) is 3.61. The number of amides is 1. The Morgan fingerprint density at radius 1 is 1.04 bits per heavy atom. The van der Waals surface area contributed by atoms with Gasteiger partial charge in [0.15, 0.2) is 5.78 Å². The Bertz CT molecular complexity index is 878. The predicted octanol–water partition coefficient (Wildman–Crippen LogP) is 4.29. The van der Waals surface area contributed by atoms with E-state index in [0.717, 1.165) is 12.8 Å². The van der Waals surface area contributed by atoms with E-state index in [9.17, 15) is 14.4 Å². The van der Waals surface area contributed by atoms with E-state index >= 15 is 0 Å². The summed E-state index contributed by atoms with van der Waals surface area (Å²) in [6.07, 6.45) is 2.43. The van der Waals surface area contributed by atoms with Crippen LogP contribution in [0, 0.1) is 5.92 Å². The van der Waals surface area contributed by atoms with Gasteiger partial charge in [-0.15, -0.1) is 0 Å². The van der Waals surface area contributed by atoms with Crippen LogP contribution in [0.25, 0.3) is 0 Å². The molecule has 1 N–H and O–H groups in total. The number of hydrogen-bond donors (Lipinski definition) is 1. The van der Waals surface area contributed by atoms with Crippen molar-refractivity contribution in [1.29, 1.82) is 0 Å². The van der Waals surface area contributed by atoms with Gasteiger partial charge in [-0.1, -0.05) is 29.8 Å². The van der Waals surface area contributed by atoms with Crippen LogP contribution >= 0.6 is 11.6 Å². The number of carboxylic acid groups (broad SMARTS) is 1. The van der Waals surface area contributed by atoms with Gasteiger partial charge in [-0.3, -0.25) is 14.4 Å². The van der Waals surface area contributed by atoms with Gasteiger partial charge in [-0.2, -0.15) is 0 Å². The van der Waals surface area contributed by atoms with Gasteiger partial charge in [0, 0.05) is 35.7 Å². The number of hydrogen-bond acceptors (Lipinski definition) is 3. The van der Waals surface area contributed by atoms with Crippen molar-refractivity contribution in [3.05, 3.63) is 70.2 Å². The SMILES string of the molecule is O=C(O)CCC1CCCN(C(=O)c2ccccc2C(=O)c2ccc(Cl)cc2)C1. The number of carbonyl (C=O) groups excluding carboxylic acids is 2. The third-order valence-electron chi connectivity index (χ3n) is 5.08.